The number of hydrogen-bond donors (Lipinski definition) is 2. The maximum Gasteiger partial charge on any atom is 0.335 e. The molecule has 2 rings (SSSR count). The first-order valence-electron chi connectivity index (χ1n) is 3.89. The van der Waals surface area contributed by atoms with Crippen LogP contribution < -0.4 is 0 Å². The van der Waals surface area contributed by atoms with E-state index in [1.807, 2.05) is 0 Å². The van der Waals surface area contributed by atoms with Gasteiger partial charge in [0.05, 0.1) is 17.4 Å². The van der Waals surface area contributed by atoms with E-state index in [0.717, 1.165) is 5.39 Å². The van der Waals surface area contributed by atoms with Gasteiger partial charge in [-0.3, -0.25) is 0 Å². The van der Waals surface area contributed by atoms with Crippen LogP contribution in [0.1, 0.15) is 10.4 Å². The lowest BCUT2D eigenvalue weighted by atomic mass is 10.1. The second-order valence-corrected chi connectivity index (χ2v) is 3.16. The van der Waals surface area contributed by atoms with E-state index in [0.29, 0.717) is 10.2 Å². The molecular weight excluding hydrogens is 200 g/mol. The maximum atomic E-state index is 10.7. The van der Waals surface area contributed by atoms with Crippen molar-refractivity contribution in [3.05, 3.63) is 34.7 Å². The fourth-order valence-corrected chi connectivity index (χ4v) is 1.44. The summed E-state index contributed by atoms with van der Waals surface area (Å²) in [5.41, 5.74) is 0.916. The molecule has 0 spiro atoms. The molecule has 2 aromatic rings. The van der Waals surface area contributed by atoms with Gasteiger partial charge >= 0.3 is 5.97 Å². The topological polar surface area (TPSA) is 66.0 Å². The number of carboxylic acids is 1. The molecule has 0 aliphatic heterocycles. The average Bonchev–Trinajstić information content (AvgIpc) is 2.17. The molecule has 0 bridgehead atoms. The Balaban J connectivity index is 2.80. The summed E-state index contributed by atoms with van der Waals surface area (Å²) in [5.74, 6) is -0.956. The fraction of sp³-hybridized carbons (Fsp3) is 0. The Morgan fingerprint density at radius 2 is 2.29 bits per heavy atom. The van der Waals surface area contributed by atoms with E-state index in [9.17, 15) is 4.79 Å². The number of fused-ring (bicyclic) bond motifs is 1. The lowest BCUT2D eigenvalue weighted by Gasteiger charge is -1.98. The van der Waals surface area contributed by atoms with Crippen LogP contribution in [-0.4, -0.2) is 21.0 Å². The van der Waals surface area contributed by atoms with Crippen LogP contribution in [0, 0.1) is 4.64 Å². The largest absolute Gasteiger partial charge is 0.478 e. The summed E-state index contributed by atoms with van der Waals surface area (Å²) >= 11 is 4.98. The van der Waals surface area contributed by atoms with Crippen molar-refractivity contribution in [3.63, 3.8) is 0 Å². The van der Waals surface area contributed by atoms with Crippen molar-refractivity contribution >= 4 is 29.1 Å². The second-order valence-electron chi connectivity index (χ2n) is 2.77. The van der Waals surface area contributed by atoms with Crippen LogP contribution in [-0.2, 0) is 0 Å². The molecule has 2 N–H and O–H groups in total. The molecule has 4 nitrogen and oxygen atoms in total. The first-order valence-corrected chi connectivity index (χ1v) is 4.30. The predicted molar refractivity (Wildman–Crippen MR) is 53.9 cm³/mol. The van der Waals surface area contributed by atoms with Crippen molar-refractivity contribution in [1.82, 2.24) is 9.97 Å². The predicted octanol–water partition coefficient (Wildman–Crippen LogP) is 1.99. The van der Waals surface area contributed by atoms with Crippen LogP contribution in [0.25, 0.3) is 10.9 Å². The van der Waals surface area contributed by atoms with Crippen LogP contribution in [0.4, 0.5) is 0 Å². The number of hydrogen-bond acceptors (Lipinski definition) is 3. The van der Waals surface area contributed by atoms with Crippen LogP contribution in [0.2, 0.25) is 0 Å². The molecule has 0 atom stereocenters. The average molecular weight is 206 g/mol. The van der Waals surface area contributed by atoms with E-state index in [1.54, 1.807) is 6.07 Å². The Kier molecular flexibility index (Phi) is 2.01. The van der Waals surface area contributed by atoms with Gasteiger partial charge in [0, 0.05) is 5.39 Å². The van der Waals surface area contributed by atoms with Crippen LogP contribution in [0.3, 0.4) is 0 Å². The second kappa shape index (κ2) is 3.19. The number of nitrogens with one attached hydrogen (secondary N) is 1. The highest BCUT2D eigenvalue weighted by Gasteiger charge is 2.03. The normalized spacial score (nSPS) is 10.3. The Labute approximate surface area is 84.2 Å². The first kappa shape index (κ1) is 8.83. The molecule has 14 heavy (non-hydrogen) atoms. The van der Waals surface area contributed by atoms with Crippen LogP contribution >= 0.6 is 12.2 Å². The molecule has 1 heterocycles. The highest BCUT2D eigenvalue weighted by atomic mass is 32.1. The zero-order chi connectivity index (χ0) is 10.1. The minimum atomic E-state index is -0.956. The first-order chi connectivity index (χ1) is 6.68. The van der Waals surface area contributed by atoms with E-state index in [-0.39, 0.29) is 5.56 Å². The minimum Gasteiger partial charge on any atom is -0.478 e. The molecule has 1 aromatic heterocycles. The number of carbonyl (C=O) groups is 1. The molecule has 0 saturated carbocycles. The standard InChI is InChI=1S/C9H6N2O2S/c12-9(13)5-1-2-6-7(3-5)10-4-11-8(6)14/h1-4H,(H,12,13)(H,10,11,14). The van der Waals surface area contributed by atoms with Crippen molar-refractivity contribution in [1.29, 1.82) is 0 Å². The third kappa shape index (κ3) is 1.38. The number of nitrogens with zero attached hydrogens (tertiary/aromatic N) is 1. The molecule has 0 aliphatic carbocycles. The van der Waals surface area contributed by atoms with Gasteiger partial charge in [-0.1, -0.05) is 12.2 Å². The molecule has 0 fully saturated rings. The summed E-state index contributed by atoms with van der Waals surface area (Å²) in [7, 11) is 0. The molecular formula is C9H6N2O2S. The summed E-state index contributed by atoms with van der Waals surface area (Å²) in [6.45, 7) is 0. The van der Waals surface area contributed by atoms with Gasteiger partial charge in [0.25, 0.3) is 0 Å². The molecule has 0 aliphatic rings. The molecule has 0 radical (unpaired) electrons. The van der Waals surface area contributed by atoms with Gasteiger partial charge in [-0.15, -0.1) is 0 Å². The summed E-state index contributed by atoms with van der Waals surface area (Å²) in [6, 6.07) is 4.70. The minimum absolute atomic E-state index is 0.231. The number of H-pyrrole nitrogens is 1. The van der Waals surface area contributed by atoms with Crippen molar-refractivity contribution in [3.8, 4) is 0 Å². The van der Waals surface area contributed by atoms with Gasteiger partial charge in [-0.05, 0) is 18.2 Å². The van der Waals surface area contributed by atoms with Crippen molar-refractivity contribution in [2.24, 2.45) is 0 Å². The molecule has 70 valence electrons. The van der Waals surface area contributed by atoms with Gasteiger partial charge in [0.15, 0.2) is 0 Å². The number of carboxylic acid groups (broad SMARTS) is 1. The zero-order valence-corrected chi connectivity index (χ0v) is 7.84. The maximum absolute atomic E-state index is 10.7. The Morgan fingerprint density at radius 1 is 1.50 bits per heavy atom. The number of rotatable bonds is 1. The fourth-order valence-electron chi connectivity index (χ4n) is 1.21. The Bertz CT molecular complexity index is 562. The third-order valence-electron chi connectivity index (χ3n) is 1.90. The molecule has 0 saturated heterocycles. The highest BCUT2D eigenvalue weighted by Crippen LogP contribution is 2.13. The van der Waals surface area contributed by atoms with Crippen LogP contribution in [0.15, 0.2) is 24.5 Å². The van der Waals surface area contributed by atoms with E-state index >= 15 is 0 Å². The van der Waals surface area contributed by atoms with Gasteiger partial charge in [0.1, 0.15) is 4.64 Å². The molecule has 0 unspecified atom stereocenters. The summed E-state index contributed by atoms with van der Waals surface area (Å²) in [4.78, 5) is 17.4. The smallest absolute Gasteiger partial charge is 0.335 e. The quantitative estimate of drug-likeness (QED) is 0.700. The Morgan fingerprint density at radius 3 is 3.00 bits per heavy atom. The van der Waals surface area contributed by atoms with E-state index in [1.165, 1.54) is 18.5 Å². The summed E-state index contributed by atoms with van der Waals surface area (Å²) in [6.07, 6.45) is 1.45. The lowest BCUT2D eigenvalue weighted by molar-refractivity contribution is 0.0697. The van der Waals surface area contributed by atoms with E-state index in [2.05, 4.69) is 9.97 Å². The van der Waals surface area contributed by atoms with Gasteiger partial charge < -0.3 is 10.1 Å². The van der Waals surface area contributed by atoms with Crippen molar-refractivity contribution in [2.75, 3.05) is 0 Å². The molecule has 5 heteroatoms. The van der Waals surface area contributed by atoms with Crippen molar-refractivity contribution < 1.29 is 9.90 Å². The van der Waals surface area contributed by atoms with Crippen LogP contribution in [0.5, 0.6) is 0 Å². The van der Waals surface area contributed by atoms with Gasteiger partial charge in [0.2, 0.25) is 0 Å². The third-order valence-corrected chi connectivity index (χ3v) is 2.22. The molecule has 1 aromatic carbocycles. The highest BCUT2D eigenvalue weighted by molar-refractivity contribution is 7.71. The lowest BCUT2D eigenvalue weighted by Crippen LogP contribution is -1.96. The number of aromatic carboxylic acids is 1. The number of aromatic nitrogens is 2. The SMILES string of the molecule is O=C(O)c1ccc2c(=S)nc[nH]c2c1. The molecule has 0 amide bonds. The summed E-state index contributed by atoms with van der Waals surface area (Å²) in [5, 5.41) is 9.51. The van der Waals surface area contributed by atoms with Crippen molar-refractivity contribution in [2.45, 2.75) is 0 Å². The number of aromatic amines is 1. The van der Waals surface area contributed by atoms with Gasteiger partial charge in [-0.25, -0.2) is 9.78 Å². The zero-order valence-electron chi connectivity index (χ0n) is 7.02. The van der Waals surface area contributed by atoms with E-state index < -0.39 is 5.97 Å². The summed E-state index contributed by atoms with van der Waals surface area (Å²) < 4.78 is 0.468. The van der Waals surface area contributed by atoms with Gasteiger partial charge in [-0.2, -0.15) is 0 Å². The Hall–Kier alpha value is -1.75. The monoisotopic (exact) mass is 206 g/mol. The number of benzene rings is 1. The van der Waals surface area contributed by atoms with E-state index in [4.69, 9.17) is 17.3 Å².